The van der Waals surface area contributed by atoms with Crippen molar-refractivity contribution in [1.29, 1.82) is 0 Å². The number of pyridine rings is 1. The summed E-state index contributed by atoms with van der Waals surface area (Å²) < 4.78 is 79.3. The van der Waals surface area contributed by atoms with Crippen LogP contribution in [0.1, 0.15) is 43.5 Å². The maximum Gasteiger partial charge on any atom is 0.417 e. The van der Waals surface area contributed by atoms with Crippen LogP contribution in [-0.4, -0.2) is 52.2 Å². The standard InChI is InChI=1S/C22H23F5N2O5/c1-10(30)17(31)15-8-11(6-7-28-15)29-20(32)19-13(9-21(2,34-19)22(25,26)27)12-4-5-14(23)16(24)18(12)33-3/h4-8,10,13,17,19,30-31H,9H2,1-3H3,(H,28,29,32)/t10-,13-,17-,19+,21+/m1/s1. The van der Waals surface area contributed by atoms with Crippen molar-refractivity contribution < 1.29 is 46.4 Å². The molecule has 0 spiro atoms. The molecule has 0 bridgehead atoms. The molecule has 1 aromatic heterocycles. The number of nitrogens with one attached hydrogen (secondary N) is 1. The van der Waals surface area contributed by atoms with Crippen LogP contribution < -0.4 is 10.1 Å². The zero-order valence-electron chi connectivity index (χ0n) is 18.4. The Labute approximate surface area is 191 Å². The summed E-state index contributed by atoms with van der Waals surface area (Å²) in [4.78, 5) is 16.9. The van der Waals surface area contributed by atoms with Crippen LogP contribution in [-0.2, 0) is 9.53 Å². The molecule has 1 saturated heterocycles. The van der Waals surface area contributed by atoms with Crippen LogP contribution in [0.15, 0.2) is 30.5 Å². The van der Waals surface area contributed by atoms with E-state index in [1.165, 1.54) is 25.3 Å². The normalized spacial score (nSPS) is 24.5. The van der Waals surface area contributed by atoms with Gasteiger partial charge in [0.15, 0.2) is 17.2 Å². The molecular weight excluding hydrogens is 467 g/mol. The van der Waals surface area contributed by atoms with Gasteiger partial charge in [0.1, 0.15) is 12.2 Å². The van der Waals surface area contributed by atoms with Gasteiger partial charge in [-0.05, 0) is 38.5 Å². The van der Waals surface area contributed by atoms with E-state index in [9.17, 15) is 37.0 Å². The van der Waals surface area contributed by atoms with Crippen molar-refractivity contribution in [2.24, 2.45) is 0 Å². The molecular formula is C22H23F5N2O5. The highest BCUT2D eigenvalue weighted by molar-refractivity contribution is 5.95. The Morgan fingerprint density at radius 1 is 1.29 bits per heavy atom. The van der Waals surface area contributed by atoms with E-state index in [1.54, 1.807) is 0 Å². The Kier molecular flexibility index (Phi) is 7.15. The number of ether oxygens (including phenoxy) is 2. The molecule has 3 rings (SSSR count). The highest BCUT2D eigenvalue weighted by Gasteiger charge is 2.61. The first-order valence-electron chi connectivity index (χ1n) is 10.2. The van der Waals surface area contributed by atoms with Crippen LogP contribution in [0.4, 0.5) is 27.6 Å². The minimum atomic E-state index is -4.86. The van der Waals surface area contributed by atoms with Gasteiger partial charge in [-0.25, -0.2) is 4.39 Å². The minimum absolute atomic E-state index is 0.0131. The molecule has 3 N–H and O–H groups in total. The SMILES string of the molecule is COc1c([C@H]2C[C@@](C)(C(F)(F)F)O[C@@H]2C(=O)Nc2ccnc([C@H](O)[C@@H](C)O)c2)ccc(F)c1F. The molecule has 5 atom stereocenters. The number of aliphatic hydroxyl groups excluding tert-OH is 2. The van der Waals surface area contributed by atoms with E-state index in [0.29, 0.717) is 0 Å². The molecule has 1 fully saturated rings. The highest BCUT2D eigenvalue weighted by atomic mass is 19.4. The summed E-state index contributed by atoms with van der Waals surface area (Å²) >= 11 is 0. The van der Waals surface area contributed by atoms with Crippen molar-refractivity contribution in [3.63, 3.8) is 0 Å². The van der Waals surface area contributed by atoms with Gasteiger partial charge < -0.3 is 25.0 Å². The van der Waals surface area contributed by atoms with E-state index in [0.717, 1.165) is 26.2 Å². The lowest BCUT2D eigenvalue weighted by Crippen LogP contribution is -2.43. The molecule has 186 valence electrons. The molecule has 12 heteroatoms. The number of amides is 1. The van der Waals surface area contributed by atoms with E-state index in [1.807, 2.05) is 0 Å². The largest absolute Gasteiger partial charge is 0.493 e. The van der Waals surface area contributed by atoms with Crippen molar-refractivity contribution >= 4 is 11.6 Å². The topological polar surface area (TPSA) is 101 Å². The third kappa shape index (κ3) is 4.84. The second-order valence-corrected chi connectivity index (χ2v) is 8.21. The summed E-state index contributed by atoms with van der Waals surface area (Å²) in [5, 5.41) is 21.9. The van der Waals surface area contributed by atoms with Crippen LogP contribution in [0.25, 0.3) is 0 Å². The second-order valence-electron chi connectivity index (χ2n) is 8.21. The molecule has 7 nitrogen and oxygen atoms in total. The quantitative estimate of drug-likeness (QED) is 0.535. The monoisotopic (exact) mass is 490 g/mol. The van der Waals surface area contributed by atoms with Crippen LogP contribution in [0, 0.1) is 11.6 Å². The summed E-state index contributed by atoms with van der Waals surface area (Å²) in [5.41, 5.74) is -2.83. The molecule has 1 amide bonds. The Balaban J connectivity index is 1.98. The molecule has 0 unspecified atom stereocenters. The van der Waals surface area contributed by atoms with Gasteiger partial charge in [0.05, 0.1) is 18.9 Å². The number of benzene rings is 1. The van der Waals surface area contributed by atoms with Crippen molar-refractivity contribution in [3.05, 3.63) is 53.4 Å². The molecule has 1 aromatic carbocycles. The number of alkyl halides is 3. The van der Waals surface area contributed by atoms with Gasteiger partial charge in [-0.3, -0.25) is 9.78 Å². The van der Waals surface area contributed by atoms with Gasteiger partial charge in [0.25, 0.3) is 5.91 Å². The fourth-order valence-electron chi connectivity index (χ4n) is 3.82. The second kappa shape index (κ2) is 9.43. The predicted molar refractivity (Wildman–Crippen MR) is 109 cm³/mol. The minimum Gasteiger partial charge on any atom is -0.493 e. The van der Waals surface area contributed by atoms with Crippen LogP contribution >= 0.6 is 0 Å². The van der Waals surface area contributed by atoms with E-state index < -0.39 is 65.7 Å². The summed E-state index contributed by atoms with van der Waals surface area (Å²) in [7, 11) is 1.03. The van der Waals surface area contributed by atoms with Crippen molar-refractivity contribution in [2.75, 3.05) is 12.4 Å². The number of carbonyl (C=O) groups excluding carboxylic acids is 1. The molecule has 1 aliphatic rings. The Bertz CT molecular complexity index is 1060. The number of nitrogens with zero attached hydrogens (tertiary/aromatic N) is 1. The number of hydrogen-bond donors (Lipinski definition) is 3. The first kappa shape index (κ1) is 25.8. The number of methoxy groups -OCH3 is 1. The first-order valence-corrected chi connectivity index (χ1v) is 10.2. The maximum atomic E-state index is 14.3. The summed E-state index contributed by atoms with van der Waals surface area (Å²) in [6, 6.07) is 4.34. The fourth-order valence-corrected chi connectivity index (χ4v) is 3.82. The third-order valence-electron chi connectivity index (χ3n) is 5.71. The lowest BCUT2D eigenvalue weighted by Gasteiger charge is -2.27. The number of aliphatic hydroxyl groups is 2. The summed E-state index contributed by atoms with van der Waals surface area (Å²) in [6.45, 7) is 2.09. The molecule has 0 aliphatic carbocycles. The zero-order valence-corrected chi connectivity index (χ0v) is 18.4. The Hall–Kier alpha value is -2.83. The van der Waals surface area contributed by atoms with E-state index >= 15 is 0 Å². The van der Waals surface area contributed by atoms with E-state index in [-0.39, 0.29) is 16.9 Å². The van der Waals surface area contributed by atoms with Gasteiger partial charge in [-0.2, -0.15) is 17.6 Å². The number of aromatic nitrogens is 1. The van der Waals surface area contributed by atoms with E-state index in [4.69, 9.17) is 9.47 Å². The van der Waals surface area contributed by atoms with Crippen molar-refractivity contribution in [1.82, 2.24) is 4.98 Å². The maximum absolute atomic E-state index is 14.3. The van der Waals surface area contributed by atoms with Gasteiger partial charge in [-0.1, -0.05) is 6.07 Å². The summed E-state index contributed by atoms with van der Waals surface area (Å²) in [6.07, 6.45) is -8.68. The zero-order chi connectivity index (χ0) is 25.4. The van der Waals surface area contributed by atoms with Gasteiger partial charge >= 0.3 is 6.18 Å². The van der Waals surface area contributed by atoms with Gasteiger partial charge in [0, 0.05) is 23.4 Å². The summed E-state index contributed by atoms with van der Waals surface area (Å²) in [5.74, 6) is -5.61. The average molecular weight is 490 g/mol. The number of carbonyl (C=O) groups is 1. The van der Waals surface area contributed by atoms with Crippen LogP contribution in [0.3, 0.4) is 0 Å². The molecule has 1 aliphatic heterocycles. The fraction of sp³-hybridized carbons (Fsp3) is 0.455. The third-order valence-corrected chi connectivity index (χ3v) is 5.71. The highest BCUT2D eigenvalue weighted by Crippen LogP contribution is 2.51. The number of rotatable bonds is 6. The number of anilines is 1. The van der Waals surface area contributed by atoms with Gasteiger partial charge in [0.2, 0.25) is 5.82 Å². The molecule has 0 radical (unpaired) electrons. The molecule has 2 heterocycles. The van der Waals surface area contributed by atoms with E-state index in [2.05, 4.69) is 10.3 Å². The molecule has 2 aromatic rings. The molecule has 34 heavy (non-hydrogen) atoms. The van der Waals surface area contributed by atoms with Crippen LogP contribution in [0.5, 0.6) is 5.75 Å². The lowest BCUT2D eigenvalue weighted by atomic mass is 9.85. The van der Waals surface area contributed by atoms with Crippen LogP contribution in [0.2, 0.25) is 0 Å². The lowest BCUT2D eigenvalue weighted by molar-refractivity contribution is -0.261. The van der Waals surface area contributed by atoms with Gasteiger partial charge in [-0.15, -0.1) is 0 Å². The smallest absolute Gasteiger partial charge is 0.417 e. The first-order chi connectivity index (χ1) is 15.8. The Morgan fingerprint density at radius 3 is 2.56 bits per heavy atom. The van der Waals surface area contributed by atoms with Crippen molar-refractivity contribution in [2.45, 2.75) is 56.3 Å². The number of hydrogen-bond acceptors (Lipinski definition) is 6. The number of halogens is 5. The molecule has 0 saturated carbocycles. The predicted octanol–water partition coefficient (Wildman–Crippen LogP) is 3.61. The van der Waals surface area contributed by atoms with Crippen molar-refractivity contribution in [3.8, 4) is 5.75 Å². The average Bonchev–Trinajstić information content (AvgIpc) is 3.14. The Morgan fingerprint density at radius 2 is 1.97 bits per heavy atom.